The molecule has 3 aliphatic heterocycles. The zero-order valence-corrected chi connectivity index (χ0v) is 34.3. The van der Waals surface area contributed by atoms with E-state index in [9.17, 15) is 70.2 Å². The standard InChI is InChI=1S/C34H59N3O20S2/c1-4-11(2)20(35)30(50)37-15(10-59)29(49)36-14(9-58)16(42)5-13-17(6-38)52-32(24(46)21(13)43)55-27-22(44)18(7-39)53-33(25(27)47)56-28-23(45)19(8-40)54-34(26(28)48)57-31(51)12(3)41/h11-15,17-28,32-34,38-41,43-48,58-59H,4-10,35H2,1-3H3,(H,36,49)(H,37,50)/t11-,12?,13?,14-,15-,17?,18?,19?,20-,21?,22?,23?,24?,25?,26?,27?,28?,32?,33?,34?/m0/s1. The number of ether oxygens (including phenoxy) is 6. The van der Waals surface area contributed by atoms with Crippen molar-refractivity contribution in [2.75, 3.05) is 31.3 Å². The predicted molar refractivity (Wildman–Crippen MR) is 203 cm³/mol. The zero-order valence-electron chi connectivity index (χ0n) is 32.5. The number of esters is 1. The average Bonchev–Trinajstić information content (AvgIpc) is 3.22. The first-order valence-corrected chi connectivity index (χ1v) is 20.2. The van der Waals surface area contributed by atoms with Crippen molar-refractivity contribution >= 4 is 48.8 Å². The number of hydrogen-bond donors (Lipinski definition) is 15. The topological polar surface area (TPSA) is 376 Å². The van der Waals surface area contributed by atoms with Crippen molar-refractivity contribution in [3.8, 4) is 0 Å². The van der Waals surface area contributed by atoms with E-state index in [-0.39, 0.29) is 17.4 Å². The van der Waals surface area contributed by atoms with Gasteiger partial charge in [-0.05, 0) is 12.8 Å². The molecule has 3 saturated heterocycles. The van der Waals surface area contributed by atoms with Gasteiger partial charge in [-0.1, -0.05) is 20.3 Å². The maximum absolute atomic E-state index is 13.4. The normalized spacial score (nSPS) is 37.7. The number of aliphatic hydroxyl groups excluding tert-OH is 10. The third-order valence-corrected chi connectivity index (χ3v) is 11.3. The van der Waals surface area contributed by atoms with E-state index < -0.39 is 166 Å². The molecular weight excluding hydrogens is 835 g/mol. The van der Waals surface area contributed by atoms with Crippen LogP contribution in [-0.4, -0.2) is 216 Å². The number of ketones is 1. The number of amides is 2. The lowest BCUT2D eigenvalue weighted by Gasteiger charge is -2.48. The Morgan fingerprint density at radius 1 is 0.678 bits per heavy atom. The van der Waals surface area contributed by atoms with Crippen LogP contribution in [0.15, 0.2) is 0 Å². The molecule has 59 heavy (non-hydrogen) atoms. The molecule has 342 valence electrons. The fourth-order valence-electron chi connectivity index (χ4n) is 6.54. The molecule has 25 heteroatoms. The van der Waals surface area contributed by atoms with Crippen molar-refractivity contribution in [3.63, 3.8) is 0 Å². The molecule has 20 atom stereocenters. The Morgan fingerprint density at radius 3 is 1.61 bits per heavy atom. The Labute approximate surface area is 350 Å². The summed E-state index contributed by atoms with van der Waals surface area (Å²) < 4.78 is 32.6. The number of nitrogens with one attached hydrogen (secondary N) is 2. The zero-order chi connectivity index (χ0) is 44.5. The molecule has 0 bridgehead atoms. The van der Waals surface area contributed by atoms with Gasteiger partial charge in [0.2, 0.25) is 18.1 Å². The van der Waals surface area contributed by atoms with E-state index in [1.807, 2.05) is 6.92 Å². The molecule has 0 saturated carbocycles. The monoisotopic (exact) mass is 893 g/mol. The summed E-state index contributed by atoms with van der Waals surface area (Å²) in [5, 5.41) is 111. The van der Waals surface area contributed by atoms with Crippen LogP contribution in [0.25, 0.3) is 0 Å². The van der Waals surface area contributed by atoms with Crippen LogP contribution in [0.3, 0.4) is 0 Å². The van der Waals surface area contributed by atoms with E-state index in [1.165, 1.54) is 0 Å². The maximum Gasteiger partial charge on any atom is 0.337 e. The summed E-state index contributed by atoms with van der Waals surface area (Å²) in [6, 6.07) is -3.38. The van der Waals surface area contributed by atoms with Crippen LogP contribution in [0, 0.1) is 11.8 Å². The lowest BCUT2D eigenvalue weighted by atomic mass is 9.84. The summed E-state index contributed by atoms with van der Waals surface area (Å²) in [4.78, 5) is 51.1. The second kappa shape index (κ2) is 23.5. The molecule has 3 heterocycles. The summed E-state index contributed by atoms with van der Waals surface area (Å²) in [6.45, 7) is 1.98. The van der Waals surface area contributed by atoms with Crippen LogP contribution in [0.4, 0.5) is 0 Å². The van der Waals surface area contributed by atoms with Crippen LogP contribution in [0.1, 0.15) is 33.6 Å². The number of Topliss-reactive ketones (excluding diaryl/α,β-unsaturated/α-hetero) is 1. The lowest BCUT2D eigenvalue weighted by Crippen LogP contribution is -2.66. The Balaban J connectivity index is 1.73. The Kier molecular flexibility index (Phi) is 20.5. The van der Waals surface area contributed by atoms with Gasteiger partial charge in [0.15, 0.2) is 18.4 Å². The Bertz CT molecular complexity index is 1370. The van der Waals surface area contributed by atoms with E-state index in [4.69, 9.17) is 34.2 Å². The maximum atomic E-state index is 13.4. The van der Waals surface area contributed by atoms with Crippen LogP contribution in [0.2, 0.25) is 0 Å². The summed E-state index contributed by atoms with van der Waals surface area (Å²) in [5.41, 5.74) is 5.96. The summed E-state index contributed by atoms with van der Waals surface area (Å²) in [7, 11) is 0. The molecule has 3 fully saturated rings. The van der Waals surface area contributed by atoms with Crippen molar-refractivity contribution in [3.05, 3.63) is 0 Å². The molecule has 0 aliphatic carbocycles. The van der Waals surface area contributed by atoms with E-state index in [1.54, 1.807) is 6.92 Å². The van der Waals surface area contributed by atoms with Gasteiger partial charge in [-0.15, -0.1) is 0 Å². The predicted octanol–water partition coefficient (Wildman–Crippen LogP) is -7.22. The number of rotatable bonds is 20. The van der Waals surface area contributed by atoms with Gasteiger partial charge < -0.3 is 95.9 Å². The molecule has 3 aliphatic rings. The molecule has 2 amide bonds. The second-order valence-electron chi connectivity index (χ2n) is 14.7. The van der Waals surface area contributed by atoms with Gasteiger partial charge in [0.1, 0.15) is 67.1 Å². The van der Waals surface area contributed by atoms with Crippen molar-refractivity contribution in [1.29, 1.82) is 0 Å². The minimum absolute atomic E-state index is 0.151. The molecule has 0 spiro atoms. The minimum Gasteiger partial charge on any atom is -0.431 e. The number of thiol groups is 2. The van der Waals surface area contributed by atoms with Crippen LogP contribution in [-0.2, 0) is 47.6 Å². The number of nitrogens with two attached hydrogens (primary N) is 1. The number of aliphatic hydroxyl groups is 10. The van der Waals surface area contributed by atoms with Crippen molar-refractivity contribution in [1.82, 2.24) is 10.6 Å². The van der Waals surface area contributed by atoms with Crippen LogP contribution >= 0.6 is 25.3 Å². The van der Waals surface area contributed by atoms with Crippen molar-refractivity contribution < 1.29 is 98.7 Å². The minimum atomic E-state index is -2.10. The molecule has 0 aromatic rings. The van der Waals surface area contributed by atoms with Crippen LogP contribution < -0.4 is 16.4 Å². The molecule has 16 unspecified atom stereocenters. The van der Waals surface area contributed by atoms with Crippen molar-refractivity contribution in [2.24, 2.45) is 17.6 Å². The first kappa shape index (κ1) is 51.5. The van der Waals surface area contributed by atoms with Gasteiger partial charge in [0.25, 0.3) is 0 Å². The third-order valence-electron chi connectivity index (χ3n) is 10.5. The fourth-order valence-corrected chi connectivity index (χ4v) is 7.09. The quantitative estimate of drug-likeness (QED) is 0.0399. The van der Waals surface area contributed by atoms with Gasteiger partial charge in [0, 0.05) is 23.8 Å². The SMILES string of the molecule is CC[C@H](C)[C@H](N)C(=O)N[C@@H](CS)C(=O)N[C@@H](CS)C(=O)CC1C(CO)OC(OC2C(O)C(CO)OC(OC3C(O)C(CO)OC(OC(=O)C(C)O)C3O)C2O)C(O)C1O. The molecule has 0 radical (unpaired) electrons. The van der Waals surface area contributed by atoms with Gasteiger partial charge >= 0.3 is 5.97 Å². The largest absolute Gasteiger partial charge is 0.431 e. The molecular formula is C34H59N3O20S2. The lowest BCUT2D eigenvalue weighted by molar-refractivity contribution is -0.378. The summed E-state index contributed by atoms with van der Waals surface area (Å²) >= 11 is 8.27. The number of hydrogen-bond acceptors (Lipinski definition) is 23. The number of carbonyl (C=O) groups excluding carboxylic acids is 4. The van der Waals surface area contributed by atoms with Gasteiger partial charge in [-0.2, -0.15) is 25.3 Å². The van der Waals surface area contributed by atoms with Crippen molar-refractivity contribution in [2.45, 2.75) is 144 Å². The highest BCUT2D eigenvalue weighted by Crippen LogP contribution is 2.35. The first-order valence-electron chi connectivity index (χ1n) is 19.0. The van der Waals surface area contributed by atoms with E-state index in [0.29, 0.717) is 6.42 Å². The highest BCUT2D eigenvalue weighted by atomic mass is 32.1. The third kappa shape index (κ3) is 12.6. The molecule has 0 aromatic carbocycles. The molecule has 0 aromatic heterocycles. The van der Waals surface area contributed by atoms with E-state index in [0.717, 1.165) is 6.92 Å². The highest BCUT2D eigenvalue weighted by molar-refractivity contribution is 7.80. The first-order chi connectivity index (χ1) is 27.8. The molecule has 14 N–H and O–H groups in total. The smallest absolute Gasteiger partial charge is 0.337 e. The fraction of sp³-hybridized carbons (Fsp3) is 0.882. The van der Waals surface area contributed by atoms with E-state index >= 15 is 0 Å². The molecule has 23 nitrogen and oxygen atoms in total. The van der Waals surface area contributed by atoms with Gasteiger partial charge in [0.05, 0.1) is 44.1 Å². The second-order valence-corrected chi connectivity index (χ2v) is 15.4. The molecule has 3 rings (SSSR count). The summed E-state index contributed by atoms with van der Waals surface area (Å²) in [6.07, 6.45) is -27.6. The summed E-state index contributed by atoms with van der Waals surface area (Å²) in [5.74, 6) is -5.25. The van der Waals surface area contributed by atoms with Gasteiger partial charge in [-0.25, -0.2) is 4.79 Å². The van der Waals surface area contributed by atoms with Gasteiger partial charge in [-0.3, -0.25) is 14.4 Å². The van der Waals surface area contributed by atoms with Crippen LogP contribution in [0.5, 0.6) is 0 Å². The number of carbonyl (C=O) groups is 4. The Morgan fingerprint density at radius 2 is 1.14 bits per heavy atom. The highest BCUT2D eigenvalue weighted by Gasteiger charge is 2.54. The Hall–Kier alpha value is -1.86. The van der Waals surface area contributed by atoms with E-state index in [2.05, 4.69) is 35.9 Å². The average molecular weight is 894 g/mol.